The standard InChI is InChI=1S/C23H34O2/c1-14(2)21(24)25-22(3,20-10-15-4-5-19(20)9-15)23-11-16-6-17(12-23)8-18(7-16)13-23/h15-20H,1,4-13H2,2-3H3. The second kappa shape index (κ2) is 5.36. The van der Waals surface area contributed by atoms with Crippen LogP contribution in [0.4, 0.5) is 0 Å². The first-order valence-corrected chi connectivity index (χ1v) is 10.8. The van der Waals surface area contributed by atoms with Crippen molar-refractivity contribution in [1.82, 2.24) is 0 Å². The van der Waals surface area contributed by atoms with E-state index in [4.69, 9.17) is 4.74 Å². The van der Waals surface area contributed by atoms with Gasteiger partial charge in [0.05, 0.1) is 0 Å². The van der Waals surface area contributed by atoms with Gasteiger partial charge in [-0.05, 0) is 101 Å². The lowest BCUT2D eigenvalue weighted by molar-refractivity contribution is -0.223. The summed E-state index contributed by atoms with van der Waals surface area (Å²) in [6.07, 6.45) is 13.7. The van der Waals surface area contributed by atoms with E-state index in [1.165, 1.54) is 64.2 Å². The average Bonchev–Trinajstić information content (AvgIpc) is 3.16. The van der Waals surface area contributed by atoms with Gasteiger partial charge >= 0.3 is 5.97 Å². The molecule has 0 aliphatic heterocycles. The van der Waals surface area contributed by atoms with E-state index in [0.717, 1.165) is 29.6 Å². The lowest BCUT2D eigenvalue weighted by Gasteiger charge is -2.64. The first kappa shape index (κ1) is 16.4. The van der Waals surface area contributed by atoms with Crippen LogP contribution in [0.2, 0.25) is 0 Å². The zero-order valence-corrected chi connectivity index (χ0v) is 16.1. The van der Waals surface area contributed by atoms with E-state index in [9.17, 15) is 4.79 Å². The maximum absolute atomic E-state index is 12.7. The molecule has 25 heavy (non-hydrogen) atoms. The molecule has 138 valence electrons. The maximum Gasteiger partial charge on any atom is 0.333 e. The SMILES string of the molecule is C=C(C)C(=O)OC(C)(C1CC2CCC1C2)C12CC3CC(CC(C3)C1)C2. The Morgan fingerprint density at radius 1 is 0.960 bits per heavy atom. The van der Waals surface area contributed by atoms with Crippen molar-refractivity contribution in [3.63, 3.8) is 0 Å². The molecule has 4 unspecified atom stereocenters. The Bertz CT molecular complexity index is 570. The molecule has 6 aliphatic carbocycles. The number of carbonyl (C=O) groups excluding carboxylic acids is 1. The molecule has 2 heteroatoms. The van der Waals surface area contributed by atoms with Crippen molar-refractivity contribution in [3.05, 3.63) is 12.2 Å². The average molecular weight is 343 g/mol. The van der Waals surface area contributed by atoms with E-state index in [-0.39, 0.29) is 17.0 Å². The van der Waals surface area contributed by atoms with Gasteiger partial charge in [-0.1, -0.05) is 13.0 Å². The molecule has 0 aromatic carbocycles. The van der Waals surface area contributed by atoms with Gasteiger partial charge in [-0.25, -0.2) is 4.79 Å². The molecule has 6 saturated carbocycles. The number of hydrogen-bond donors (Lipinski definition) is 0. The van der Waals surface area contributed by atoms with Gasteiger partial charge in [0.25, 0.3) is 0 Å². The fourth-order valence-electron chi connectivity index (χ4n) is 8.49. The van der Waals surface area contributed by atoms with Crippen molar-refractivity contribution >= 4 is 5.97 Å². The maximum atomic E-state index is 12.7. The summed E-state index contributed by atoms with van der Waals surface area (Å²) >= 11 is 0. The van der Waals surface area contributed by atoms with E-state index in [0.29, 0.717) is 11.5 Å². The summed E-state index contributed by atoms with van der Waals surface area (Å²) in [6, 6.07) is 0. The van der Waals surface area contributed by atoms with Crippen molar-refractivity contribution in [2.45, 2.75) is 83.7 Å². The van der Waals surface area contributed by atoms with E-state index >= 15 is 0 Å². The molecule has 0 N–H and O–H groups in total. The van der Waals surface area contributed by atoms with Gasteiger partial charge in [0.15, 0.2) is 0 Å². The summed E-state index contributed by atoms with van der Waals surface area (Å²) in [4.78, 5) is 12.7. The molecular formula is C23H34O2. The van der Waals surface area contributed by atoms with Gasteiger partial charge < -0.3 is 4.74 Å². The fraction of sp³-hybridized carbons (Fsp3) is 0.870. The second-order valence-corrected chi connectivity index (χ2v) is 10.8. The van der Waals surface area contributed by atoms with Crippen molar-refractivity contribution in [2.75, 3.05) is 0 Å². The summed E-state index contributed by atoms with van der Waals surface area (Å²) < 4.78 is 6.48. The van der Waals surface area contributed by atoms with Crippen LogP contribution in [0.25, 0.3) is 0 Å². The lowest BCUT2D eigenvalue weighted by atomic mass is 9.43. The van der Waals surface area contributed by atoms with Gasteiger partial charge in [0, 0.05) is 16.9 Å². The summed E-state index contributed by atoms with van der Waals surface area (Å²) in [7, 11) is 0. The van der Waals surface area contributed by atoms with Crippen LogP contribution in [0.3, 0.4) is 0 Å². The van der Waals surface area contributed by atoms with Crippen LogP contribution in [0.5, 0.6) is 0 Å². The molecule has 0 amide bonds. The molecule has 0 saturated heterocycles. The van der Waals surface area contributed by atoms with Crippen molar-refractivity contribution in [3.8, 4) is 0 Å². The number of rotatable bonds is 4. The first-order chi connectivity index (χ1) is 11.9. The minimum atomic E-state index is -0.265. The van der Waals surface area contributed by atoms with E-state index in [1.807, 2.05) is 6.92 Å². The Balaban J connectivity index is 1.53. The third-order valence-electron chi connectivity index (χ3n) is 9.19. The number of esters is 1. The van der Waals surface area contributed by atoms with Crippen molar-refractivity contribution in [1.29, 1.82) is 0 Å². The molecule has 0 radical (unpaired) electrons. The zero-order chi connectivity index (χ0) is 17.4. The topological polar surface area (TPSA) is 26.3 Å². The first-order valence-electron chi connectivity index (χ1n) is 10.8. The predicted molar refractivity (Wildman–Crippen MR) is 98.9 cm³/mol. The van der Waals surface area contributed by atoms with Crippen LogP contribution in [-0.4, -0.2) is 11.6 Å². The van der Waals surface area contributed by atoms with Crippen molar-refractivity contribution in [2.24, 2.45) is 40.9 Å². The molecule has 4 atom stereocenters. The van der Waals surface area contributed by atoms with Crippen LogP contribution in [-0.2, 0) is 9.53 Å². The largest absolute Gasteiger partial charge is 0.455 e. The summed E-state index contributed by atoms with van der Waals surface area (Å²) in [6.45, 7) is 8.05. The van der Waals surface area contributed by atoms with Gasteiger partial charge in [-0.15, -0.1) is 0 Å². The van der Waals surface area contributed by atoms with Gasteiger partial charge in [-0.3, -0.25) is 0 Å². The third kappa shape index (κ3) is 2.31. The highest BCUT2D eigenvalue weighted by Crippen LogP contribution is 2.68. The summed E-state index contributed by atoms with van der Waals surface area (Å²) in [5, 5.41) is 0. The minimum absolute atomic E-state index is 0.138. The Hall–Kier alpha value is -0.790. The number of hydrogen-bond acceptors (Lipinski definition) is 2. The van der Waals surface area contributed by atoms with Gasteiger partial charge in [0.1, 0.15) is 5.60 Å². The van der Waals surface area contributed by atoms with Crippen LogP contribution in [0.1, 0.15) is 78.1 Å². The molecule has 2 nitrogen and oxygen atoms in total. The molecule has 0 aromatic rings. The predicted octanol–water partition coefficient (Wildman–Crippen LogP) is 5.52. The number of fused-ring (bicyclic) bond motifs is 2. The second-order valence-electron chi connectivity index (χ2n) is 10.8. The number of carbonyl (C=O) groups is 1. The normalized spacial score (nSPS) is 49.2. The summed E-state index contributed by atoms with van der Waals surface area (Å²) in [5.41, 5.74) is 0.556. The minimum Gasteiger partial charge on any atom is -0.455 e. The molecule has 6 bridgehead atoms. The molecule has 6 rings (SSSR count). The van der Waals surface area contributed by atoms with E-state index < -0.39 is 0 Å². The summed E-state index contributed by atoms with van der Waals surface area (Å²) in [5.74, 6) is 4.83. The van der Waals surface area contributed by atoms with Crippen molar-refractivity contribution < 1.29 is 9.53 Å². The van der Waals surface area contributed by atoms with Crippen LogP contribution >= 0.6 is 0 Å². The fourth-order valence-corrected chi connectivity index (χ4v) is 8.49. The molecule has 6 aliphatic rings. The molecule has 0 heterocycles. The Kier molecular flexibility index (Phi) is 3.51. The highest BCUT2D eigenvalue weighted by Gasteiger charge is 2.65. The molecular weight excluding hydrogens is 308 g/mol. The molecule has 0 spiro atoms. The van der Waals surface area contributed by atoms with Crippen LogP contribution < -0.4 is 0 Å². The van der Waals surface area contributed by atoms with Gasteiger partial charge in [-0.2, -0.15) is 0 Å². The lowest BCUT2D eigenvalue weighted by Crippen LogP contribution is -2.62. The zero-order valence-electron chi connectivity index (χ0n) is 16.1. The third-order valence-corrected chi connectivity index (χ3v) is 9.19. The molecule has 6 fully saturated rings. The smallest absolute Gasteiger partial charge is 0.333 e. The monoisotopic (exact) mass is 342 g/mol. The Labute approximate surface area is 152 Å². The Morgan fingerprint density at radius 3 is 2.00 bits per heavy atom. The van der Waals surface area contributed by atoms with Crippen LogP contribution in [0, 0.1) is 40.9 Å². The van der Waals surface area contributed by atoms with E-state index in [1.54, 1.807) is 0 Å². The quantitative estimate of drug-likeness (QED) is 0.497. The Morgan fingerprint density at radius 2 is 1.56 bits per heavy atom. The highest BCUT2D eigenvalue weighted by atomic mass is 16.6. The number of ether oxygens (including phenoxy) is 1. The van der Waals surface area contributed by atoms with Crippen LogP contribution in [0.15, 0.2) is 12.2 Å². The molecule has 0 aromatic heterocycles. The van der Waals surface area contributed by atoms with E-state index in [2.05, 4.69) is 13.5 Å². The van der Waals surface area contributed by atoms with Gasteiger partial charge in [0.2, 0.25) is 0 Å². The highest BCUT2D eigenvalue weighted by molar-refractivity contribution is 5.87.